The van der Waals surface area contributed by atoms with Crippen molar-refractivity contribution in [2.45, 2.75) is 32.7 Å². The lowest BCUT2D eigenvalue weighted by Crippen LogP contribution is -2.49. The first-order valence-electron chi connectivity index (χ1n) is 9.72. The Kier molecular flexibility index (Phi) is 4.29. The lowest BCUT2D eigenvalue weighted by atomic mass is 9.79. The molecular weight excluding hydrogens is 330 g/mol. The maximum Gasteiger partial charge on any atom is 0.289 e. The summed E-state index contributed by atoms with van der Waals surface area (Å²) in [6.45, 7) is 8.91. The van der Waals surface area contributed by atoms with Gasteiger partial charge in [0.25, 0.3) is 5.91 Å². The molecule has 1 aromatic heterocycles. The van der Waals surface area contributed by atoms with E-state index in [1.54, 1.807) is 17.0 Å². The number of amides is 2. The zero-order valence-electron chi connectivity index (χ0n) is 16.0. The first-order valence-corrected chi connectivity index (χ1v) is 9.72. The van der Waals surface area contributed by atoms with Gasteiger partial charge in [0.1, 0.15) is 0 Å². The minimum atomic E-state index is -0.449. The molecule has 3 fully saturated rings. The molecular formula is C19H29N5O2. The molecule has 4 rings (SSSR count). The van der Waals surface area contributed by atoms with Crippen LogP contribution in [0.1, 0.15) is 37.3 Å². The normalized spacial score (nSPS) is 29.0. The minimum absolute atomic E-state index is 0.0587. The third kappa shape index (κ3) is 2.64. The fourth-order valence-corrected chi connectivity index (χ4v) is 4.90. The quantitative estimate of drug-likeness (QED) is 0.802. The third-order valence-electron chi connectivity index (χ3n) is 6.48. The fourth-order valence-electron chi connectivity index (χ4n) is 4.90. The monoisotopic (exact) mass is 359 g/mol. The van der Waals surface area contributed by atoms with E-state index in [9.17, 15) is 9.59 Å². The molecule has 2 atom stereocenters. The largest absolute Gasteiger partial charge is 0.342 e. The molecule has 7 nitrogen and oxygen atoms in total. The van der Waals surface area contributed by atoms with Gasteiger partial charge in [-0.2, -0.15) is 0 Å². The number of carbonyl (C=O) groups excluding carboxylic acids is 2. The molecule has 0 bridgehead atoms. The maximum absolute atomic E-state index is 13.5. The van der Waals surface area contributed by atoms with E-state index in [4.69, 9.17) is 0 Å². The van der Waals surface area contributed by atoms with Crippen LogP contribution in [0.15, 0.2) is 12.4 Å². The van der Waals surface area contributed by atoms with Gasteiger partial charge < -0.3 is 14.4 Å². The van der Waals surface area contributed by atoms with Gasteiger partial charge in [0.05, 0.1) is 5.41 Å². The van der Waals surface area contributed by atoms with Crippen molar-refractivity contribution in [1.82, 2.24) is 24.3 Å². The SMILES string of the molecule is CC(C)N1C[C@H]2CN(C(=O)c3nccn3C)C[C@@]2(C(=O)N2CCCC2)C1. The van der Waals surface area contributed by atoms with Crippen LogP contribution in [-0.4, -0.2) is 81.4 Å². The van der Waals surface area contributed by atoms with Crippen LogP contribution in [0.5, 0.6) is 0 Å². The predicted octanol–water partition coefficient (Wildman–Crippen LogP) is 0.825. The highest BCUT2D eigenvalue weighted by molar-refractivity contribution is 5.93. The maximum atomic E-state index is 13.5. The molecule has 1 aromatic rings. The van der Waals surface area contributed by atoms with Crippen molar-refractivity contribution in [2.24, 2.45) is 18.4 Å². The fraction of sp³-hybridized carbons (Fsp3) is 0.737. The van der Waals surface area contributed by atoms with Crippen molar-refractivity contribution in [3.05, 3.63) is 18.2 Å². The van der Waals surface area contributed by atoms with Crippen LogP contribution in [0.25, 0.3) is 0 Å². The average Bonchev–Trinajstić information content (AvgIpc) is 3.36. The van der Waals surface area contributed by atoms with Crippen LogP contribution in [0.4, 0.5) is 0 Å². The molecule has 0 spiro atoms. The van der Waals surface area contributed by atoms with Crippen molar-refractivity contribution in [3.8, 4) is 0 Å². The Hall–Kier alpha value is -1.89. The van der Waals surface area contributed by atoms with E-state index in [1.165, 1.54) is 0 Å². The summed E-state index contributed by atoms with van der Waals surface area (Å²) in [5, 5.41) is 0. The zero-order chi connectivity index (χ0) is 18.5. The molecule has 2 amide bonds. The highest BCUT2D eigenvalue weighted by Gasteiger charge is 2.59. The first kappa shape index (κ1) is 17.5. The zero-order valence-corrected chi connectivity index (χ0v) is 16.0. The molecule has 0 aromatic carbocycles. The number of fused-ring (bicyclic) bond motifs is 1. The van der Waals surface area contributed by atoms with E-state index in [0.717, 1.165) is 39.0 Å². The molecule has 0 aliphatic carbocycles. The molecule has 0 radical (unpaired) electrons. The molecule has 7 heteroatoms. The van der Waals surface area contributed by atoms with Crippen LogP contribution in [0, 0.1) is 11.3 Å². The second-order valence-corrected chi connectivity index (χ2v) is 8.42. The van der Waals surface area contributed by atoms with Crippen LogP contribution in [-0.2, 0) is 11.8 Å². The third-order valence-corrected chi connectivity index (χ3v) is 6.48. The predicted molar refractivity (Wildman–Crippen MR) is 97.6 cm³/mol. The lowest BCUT2D eigenvalue weighted by molar-refractivity contribution is -0.141. The second kappa shape index (κ2) is 6.37. The van der Waals surface area contributed by atoms with Gasteiger partial charge in [-0.15, -0.1) is 0 Å². The number of aromatic nitrogens is 2. The summed E-state index contributed by atoms with van der Waals surface area (Å²) in [4.78, 5) is 37.0. The van der Waals surface area contributed by atoms with Crippen LogP contribution in [0.2, 0.25) is 0 Å². The summed E-state index contributed by atoms with van der Waals surface area (Å²) < 4.78 is 1.76. The molecule has 0 N–H and O–H groups in total. The molecule has 3 aliphatic rings. The standard InChI is InChI=1S/C19H29N5O2/c1-14(2)23-10-15-11-24(17(25)16-20-6-9-21(16)3)13-19(15,12-23)18(26)22-7-4-5-8-22/h6,9,14-15H,4-5,7-8,10-13H2,1-3H3/t15-,19-/m0/s1. The van der Waals surface area contributed by atoms with E-state index < -0.39 is 5.41 Å². The van der Waals surface area contributed by atoms with Crippen molar-refractivity contribution >= 4 is 11.8 Å². The van der Waals surface area contributed by atoms with Crippen molar-refractivity contribution in [2.75, 3.05) is 39.3 Å². The number of hydrogen-bond donors (Lipinski definition) is 0. The Balaban J connectivity index is 1.60. The number of imidazole rings is 1. The minimum Gasteiger partial charge on any atom is -0.342 e. The molecule has 142 valence electrons. The van der Waals surface area contributed by atoms with Crippen molar-refractivity contribution in [1.29, 1.82) is 0 Å². The van der Waals surface area contributed by atoms with E-state index >= 15 is 0 Å². The highest BCUT2D eigenvalue weighted by Crippen LogP contribution is 2.45. The Morgan fingerprint density at radius 3 is 2.50 bits per heavy atom. The van der Waals surface area contributed by atoms with Crippen molar-refractivity contribution in [3.63, 3.8) is 0 Å². The van der Waals surface area contributed by atoms with Crippen LogP contribution < -0.4 is 0 Å². The van der Waals surface area contributed by atoms with E-state index in [1.807, 2.05) is 16.8 Å². The number of hydrogen-bond acceptors (Lipinski definition) is 4. The summed E-state index contributed by atoms with van der Waals surface area (Å²) in [7, 11) is 1.84. The number of likely N-dealkylation sites (tertiary alicyclic amines) is 3. The van der Waals surface area contributed by atoms with Gasteiger partial charge >= 0.3 is 0 Å². The molecule has 3 saturated heterocycles. The van der Waals surface area contributed by atoms with Gasteiger partial charge in [-0.25, -0.2) is 4.98 Å². The summed E-state index contributed by atoms with van der Waals surface area (Å²) in [5.41, 5.74) is -0.449. The van der Waals surface area contributed by atoms with E-state index in [2.05, 4.69) is 23.7 Å². The summed E-state index contributed by atoms with van der Waals surface area (Å²) in [6, 6.07) is 0.419. The average molecular weight is 359 g/mol. The number of aryl methyl sites for hydroxylation is 1. The number of carbonyl (C=O) groups is 2. The number of rotatable bonds is 3. The van der Waals surface area contributed by atoms with Gasteiger partial charge in [-0.3, -0.25) is 14.5 Å². The molecule has 3 aliphatic heterocycles. The van der Waals surface area contributed by atoms with Gasteiger partial charge in [0.2, 0.25) is 5.91 Å². The first-order chi connectivity index (χ1) is 12.4. The van der Waals surface area contributed by atoms with Crippen LogP contribution in [0.3, 0.4) is 0 Å². The summed E-state index contributed by atoms with van der Waals surface area (Å²) >= 11 is 0. The Morgan fingerprint density at radius 2 is 1.88 bits per heavy atom. The van der Waals surface area contributed by atoms with E-state index in [0.29, 0.717) is 25.0 Å². The van der Waals surface area contributed by atoms with E-state index in [-0.39, 0.29) is 17.7 Å². The van der Waals surface area contributed by atoms with Gasteiger partial charge in [-0.05, 0) is 26.7 Å². The smallest absolute Gasteiger partial charge is 0.289 e. The summed E-state index contributed by atoms with van der Waals surface area (Å²) in [6.07, 6.45) is 5.62. The van der Waals surface area contributed by atoms with Gasteiger partial charge in [-0.1, -0.05) is 0 Å². The molecule has 4 heterocycles. The van der Waals surface area contributed by atoms with Gasteiger partial charge in [0.15, 0.2) is 5.82 Å². The van der Waals surface area contributed by atoms with Crippen LogP contribution >= 0.6 is 0 Å². The molecule has 0 unspecified atom stereocenters. The Labute approximate surface area is 154 Å². The molecule has 26 heavy (non-hydrogen) atoms. The Bertz CT molecular complexity index is 709. The lowest BCUT2D eigenvalue weighted by Gasteiger charge is -2.33. The Morgan fingerprint density at radius 1 is 1.15 bits per heavy atom. The topological polar surface area (TPSA) is 61.7 Å². The highest BCUT2D eigenvalue weighted by atomic mass is 16.2. The van der Waals surface area contributed by atoms with Crippen molar-refractivity contribution < 1.29 is 9.59 Å². The molecule has 0 saturated carbocycles. The van der Waals surface area contributed by atoms with Gasteiger partial charge in [0, 0.05) is 70.7 Å². The summed E-state index contributed by atoms with van der Waals surface area (Å²) in [5.74, 6) is 0.867. The second-order valence-electron chi connectivity index (χ2n) is 8.42. The number of nitrogens with zero attached hydrogens (tertiary/aromatic N) is 5.